The van der Waals surface area contributed by atoms with Crippen molar-refractivity contribution in [2.45, 2.75) is 18.9 Å². The van der Waals surface area contributed by atoms with Crippen LogP contribution in [0.25, 0.3) is 10.9 Å². The average molecular weight is 365 g/mol. The third kappa shape index (κ3) is 4.89. The van der Waals surface area contributed by atoms with Gasteiger partial charge in [0.25, 0.3) is 0 Å². The Morgan fingerprint density at radius 2 is 1.89 bits per heavy atom. The molecular weight excluding hydrogens is 338 g/mol. The maximum atomic E-state index is 12.6. The third-order valence-electron chi connectivity index (χ3n) is 4.89. The largest absolute Gasteiger partial charge is 0.383 e. The summed E-state index contributed by atoms with van der Waals surface area (Å²) in [5.41, 5.74) is 3.53. The number of hydrogen-bond donors (Lipinski definition) is 2. The second-order valence-corrected chi connectivity index (χ2v) is 6.75. The van der Waals surface area contributed by atoms with Gasteiger partial charge >= 0.3 is 6.03 Å². The Labute approximate surface area is 160 Å². The molecule has 3 rings (SSSR count). The minimum absolute atomic E-state index is 0.00881. The Balaban J connectivity index is 1.55. The highest BCUT2D eigenvalue weighted by Crippen LogP contribution is 2.17. The van der Waals surface area contributed by atoms with Crippen LogP contribution in [0.15, 0.2) is 60.8 Å². The highest BCUT2D eigenvalue weighted by atomic mass is 16.5. The van der Waals surface area contributed by atoms with Gasteiger partial charge in [-0.05, 0) is 30.0 Å². The molecule has 0 saturated carbocycles. The summed E-state index contributed by atoms with van der Waals surface area (Å²) in [5.74, 6) is 0. The van der Waals surface area contributed by atoms with Crippen molar-refractivity contribution in [3.8, 4) is 0 Å². The number of methoxy groups -OCH3 is 1. The van der Waals surface area contributed by atoms with Crippen LogP contribution >= 0.6 is 0 Å². The molecule has 0 aliphatic carbocycles. The molecule has 0 unspecified atom stereocenters. The molecular formula is C22H27N3O2. The van der Waals surface area contributed by atoms with Crippen molar-refractivity contribution in [1.82, 2.24) is 15.2 Å². The second kappa shape index (κ2) is 9.24. The first-order valence-electron chi connectivity index (χ1n) is 9.27. The third-order valence-corrected chi connectivity index (χ3v) is 4.89. The summed E-state index contributed by atoms with van der Waals surface area (Å²) in [7, 11) is 3.49. The van der Waals surface area contributed by atoms with Crippen LogP contribution in [-0.2, 0) is 17.6 Å². The summed E-state index contributed by atoms with van der Waals surface area (Å²) in [6, 6.07) is 18.3. The van der Waals surface area contributed by atoms with Crippen LogP contribution in [0.1, 0.15) is 11.1 Å². The molecule has 142 valence electrons. The van der Waals surface area contributed by atoms with E-state index in [1.165, 1.54) is 16.5 Å². The normalized spacial score (nSPS) is 12.1. The van der Waals surface area contributed by atoms with Crippen LogP contribution in [0.5, 0.6) is 0 Å². The first kappa shape index (κ1) is 19.0. The summed E-state index contributed by atoms with van der Waals surface area (Å²) in [6.45, 7) is 1.09. The zero-order valence-electron chi connectivity index (χ0n) is 15.9. The molecule has 1 heterocycles. The molecule has 0 bridgehead atoms. The van der Waals surface area contributed by atoms with Gasteiger partial charge in [0.1, 0.15) is 0 Å². The monoisotopic (exact) mass is 365 g/mol. The molecule has 5 nitrogen and oxygen atoms in total. The molecule has 5 heteroatoms. The molecule has 0 aliphatic rings. The van der Waals surface area contributed by atoms with Gasteiger partial charge in [-0.3, -0.25) is 0 Å². The van der Waals surface area contributed by atoms with Gasteiger partial charge in [-0.2, -0.15) is 0 Å². The van der Waals surface area contributed by atoms with E-state index >= 15 is 0 Å². The molecule has 0 fully saturated rings. The lowest BCUT2D eigenvalue weighted by Gasteiger charge is -2.28. The lowest BCUT2D eigenvalue weighted by molar-refractivity contribution is 0.115. The van der Waals surface area contributed by atoms with Crippen molar-refractivity contribution < 1.29 is 9.53 Å². The van der Waals surface area contributed by atoms with Crippen LogP contribution in [0.3, 0.4) is 0 Å². The van der Waals surface area contributed by atoms with Crippen molar-refractivity contribution in [2.75, 3.05) is 27.3 Å². The predicted molar refractivity (Wildman–Crippen MR) is 109 cm³/mol. The van der Waals surface area contributed by atoms with E-state index in [-0.39, 0.29) is 12.1 Å². The van der Waals surface area contributed by atoms with Crippen molar-refractivity contribution >= 4 is 16.9 Å². The Bertz CT molecular complexity index is 860. The molecule has 2 amide bonds. The minimum atomic E-state index is -0.0761. The van der Waals surface area contributed by atoms with Gasteiger partial charge in [-0.25, -0.2) is 4.79 Å². The number of ether oxygens (including phenoxy) is 1. The van der Waals surface area contributed by atoms with E-state index in [1.54, 1.807) is 12.0 Å². The molecule has 1 aromatic heterocycles. The van der Waals surface area contributed by atoms with Crippen LogP contribution in [0.2, 0.25) is 0 Å². The van der Waals surface area contributed by atoms with Gasteiger partial charge in [-0.1, -0.05) is 48.5 Å². The lowest BCUT2D eigenvalue weighted by atomic mass is 10.1. The van der Waals surface area contributed by atoms with Gasteiger partial charge in [0, 0.05) is 37.8 Å². The number of benzene rings is 2. The highest BCUT2D eigenvalue weighted by Gasteiger charge is 2.20. The van der Waals surface area contributed by atoms with Crippen molar-refractivity contribution in [2.24, 2.45) is 0 Å². The van der Waals surface area contributed by atoms with E-state index in [9.17, 15) is 4.79 Å². The van der Waals surface area contributed by atoms with Gasteiger partial charge < -0.3 is 19.9 Å². The first-order chi connectivity index (χ1) is 13.2. The number of aromatic amines is 1. The van der Waals surface area contributed by atoms with Gasteiger partial charge in [0.2, 0.25) is 0 Å². The molecule has 2 aromatic carbocycles. The van der Waals surface area contributed by atoms with E-state index in [0.717, 1.165) is 18.4 Å². The Morgan fingerprint density at radius 3 is 2.67 bits per heavy atom. The number of H-pyrrole nitrogens is 1. The number of fused-ring (bicyclic) bond motifs is 1. The fourth-order valence-corrected chi connectivity index (χ4v) is 3.32. The number of carbonyl (C=O) groups is 1. The number of nitrogens with one attached hydrogen (secondary N) is 2. The maximum absolute atomic E-state index is 12.6. The van der Waals surface area contributed by atoms with E-state index < -0.39 is 0 Å². The lowest BCUT2D eigenvalue weighted by Crippen LogP contribution is -2.47. The number of aromatic nitrogens is 1. The summed E-state index contributed by atoms with van der Waals surface area (Å²) in [5, 5.41) is 4.24. The van der Waals surface area contributed by atoms with Gasteiger partial charge in [0.15, 0.2) is 0 Å². The van der Waals surface area contributed by atoms with Gasteiger partial charge in [-0.15, -0.1) is 0 Å². The van der Waals surface area contributed by atoms with Crippen molar-refractivity contribution in [3.63, 3.8) is 0 Å². The summed E-state index contributed by atoms with van der Waals surface area (Å²) in [6.07, 6.45) is 3.57. The number of rotatable bonds is 8. The zero-order valence-corrected chi connectivity index (χ0v) is 15.9. The van der Waals surface area contributed by atoms with Crippen molar-refractivity contribution in [3.05, 3.63) is 71.9 Å². The van der Waals surface area contributed by atoms with E-state index in [2.05, 4.69) is 34.6 Å². The molecule has 3 aromatic rings. The van der Waals surface area contributed by atoms with E-state index in [4.69, 9.17) is 4.74 Å². The molecule has 1 atom stereocenters. The van der Waals surface area contributed by atoms with E-state index in [0.29, 0.717) is 13.2 Å². The topological polar surface area (TPSA) is 57.4 Å². The number of likely N-dealkylation sites (N-methyl/N-ethyl adjacent to an activating group) is 1. The summed E-state index contributed by atoms with van der Waals surface area (Å²) < 4.78 is 5.33. The van der Waals surface area contributed by atoms with Gasteiger partial charge in [0.05, 0.1) is 12.6 Å². The molecule has 0 spiro atoms. The van der Waals surface area contributed by atoms with Crippen LogP contribution in [0, 0.1) is 0 Å². The molecule has 0 aliphatic heterocycles. The van der Waals surface area contributed by atoms with Crippen molar-refractivity contribution in [1.29, 1.82) is 0 Å². The van der Waals surface area contributed by atoms with Crippen LogP contribution in [-0.4, -0.2) is 49.3 Å². The SMILES string of the molecule is COC[C@H](Cc1ccccc1)N(C)C(=O)NCCc1c[nH]c2ccccc12. The number of nitrogens with zero attached hydrogens (tertiary/aromatic N) is 1. The van der Waals surface area contributed by atoms with Crippen LogP contribution in [0.4, 0.5) is 4.79 Å². The molecule has 27 heavy (non-hydrogen) atoms. The number of amides is 2. The maximum Gasteiger partial charge on any atom is 0.317 e. The summed E-state index contributed by atoms with van der Waals surface area (Å²) in [4.78, 5) is 17.6. The standard InChI is InChI=1S/C22H27N3O2/c1-25(19(16-27-2)14-17-8-4-3-5-9-17)22(26)23-13-12-18-15-24-21-11-7-6-10-20(18)21/h3-11,15,19,24H,12-14,16H2,1-2H3,(H,23,26)/t19-/m0/s1. The number of para-hydroxylation sites is 1. The fourth-order valence-electron chi connectivity index (χ4n) is 3.32. The number of carbonyl (C=O) groups excluding carboxylic acids is 1. The molecule has 0 radical (unpaired) electrons. The number of hydrogen-bond acceptors (Lipinski definition) is 2. The fraction of sp³-hybridized carbons (Fsp3) is 0.318. The average Bonchev–Trinajstić information content (AvgIpc) is 3.11. The second-order valence-electron chi connectivity index (χ2n) is 6.75. The van der Waals surface area contributed by atoms with Crippen LogP contribution < -0.4 is 5.32 Å². The molecule has 2 N–H and O–H groups in total. The predicted octanol–water partition coefficient (Wildman–Crippen LogP) is 3.61. The zero-order chi connectivity index (χ0) is 19.1. The highest BCUT2D eigenvalue weighted by molar-refractivity contribution is 5.83. The smallest absolute Gasteiger partial charge is 0.317 e. The van der Waals surface area contributed by atoms with E-state index in [1.807, 2.05) is 43.6 Å². The quantitative estimate of drug-likeness (QED) is 0.641. The summed E-state index contributed by atoms with van der Waals surface area (Å²) >= 11 is 0. The Hall–Kier alpha value is -2.79. The first-order valence-corrected chi connectivity index (χ1v) is 9.27. The minimum Gasteiger partial charge on any atom is -0.383 e. The Kier molecular flexibility index (Phi) is 6.49. The molecule has 0 saturated heterocycles. The Morgan fingerprint density at radius 1 is 1.15 bits per heavy atom. The number of urea groups is 1.